The zero-order valence-electron chi connectivity index (χ0n) is 12.7. The molecule has 20 heavy (non-hydrogen) atoms. The number of nitrogens with zero attached hydrogens (tertiary/aromatic N) is 3. The quantitative estimate of drug-likeness (QED) is 0.909. The molecular formula is C16H23N3O. The molecule has 4 heteroatoms. The lowest BCUT2D eigenvalue weighted by Crippen LogP contribution is -2.10. The SMILES string of the molecule is CCC(CC)c1c(CO)nnn1-c1cc(C)ccc1C. The monoisotopic (exact) mass is 273 g/mol. The lowest BCUT2D eigenvalue weighted by atomic mass is 9.97. The second kappa shape index (κ2) is 6.18. The maximum absolute atomic E-state index is 9.53. The Hall–Kier alpha value is -1.68. The van der Waals surface area contributed by atoms with Crippen molar-refractivity contribution < 1.29 is 5.11 Å². The molecule has 0 aliphatic heterocycles. The van der Waals surface area contributed by atoms with Gasteiger partial charge >= 0.3 is 0 Å². The van der Waals surface area contributed by atoms with Gasteiger partial charge in [-0.1, -0.05) is 31.2 Å². The average molecular weight is 273 g/mol. The van der Waals surface area contributed by atoms with E-state index < -0.39 is 0 Å². The molecule has 1 heterocycles. The van der Waals surface area contributed by atoms with Crippen molar-refractivity contribution >= 4 is 0 Å². The number of hydrogen-bond donors (Lipinski definition) is 1. The summed E-state index contributed by atoms with van der Waals surface area (Å²) in [6.45, 7) is 8.41. The Bertz CT molecular complexity index is 585. The van der Waals surface area contributed by atoms with E-state index in [1.165, 1.54) is 5.56 Å². The van der Waals surface area contributed by atoms with Crippen LogP contribution in [-0.4, -0.2) is 20.1 Å². The van der Waals surface area contributed by atoms with Crippen LogP contribution in [0.1, 0.15) is 55.1 Å². The molecule has 0 saturated heterocycles. The zero-order chi connectivity index (χ0) is 14.7. The maximum atomic E-state index is 9.53. The van der Waals surface area contributed by atoms with Gasteiger partial charge in [-0.2, -0.15) is 0 Å². The van der Waals surface area contributed by atoms with Gasteiger partial charge in [0.15, 0.2) is 0 Å². The molecule has 0 radical (unpaired) electrons. The van der Waals surface area contributed by atoms with Crippen LogP contribution in [0.4, 0.5) is 0 Å². The number of benzene rings is 1. The Balaban J connectivity index is 2.62. The van der Waals surface area contributed by atoms with Crippen molar-refractivity contribution in [2.75, 3.05) is 0 Å². The third-order valence-electron chi connectivity index (χ3n) is 3.89. The number of aliphatic hydroxyl groups is 1. The van der Waals surface area contributed by atoms with E-state index >= 15 is 0 Å². The molecule has 4 nitrogen and oxygen atoms in total. The van der Waals surface area contributed by atoms with Crippen LogP contribution >= 0.6 is 0 Å². The summed E-state index contributed by atoms with van der Waals surface area (Å²) in [6.07, 6.45) is 2.03. The van der Waals surface area contributed by atoms with Crippen molar-refractivity contribution in [3.63, 3.8) is 0 Å². The van der Waals surface area contributed by atoms with Gasteiger partial charge in [0.1, 0.15) is 5.69 Å². The van der Waals surface area contributed by atoms with E-state index in [4.69, 9.17) is 0 Å². The van der Waals surface area contributed by atoms with Crippen molar-refractivity contribution in [2.24, 2.45) is 0 Å². The van der Waals surface area contributed by atoms with Crippen LogP contribution in [-0.2, 0) is 6.61 Å². The molecular weight excluding hydrogens is 250 g/mol. The summed E-state index contributed by atoms with van der Waals surface area (Å²) in [7, 11) is 0. The molecule has 0 atom stereocenters. The molecule has 108 valence electrons. The van der Waals surface area contributed by atoms with Crippen LogP contribution in [0.2, 0.25) is 0 Å². The van der Waals surface area contributed by atoms with Gasteiger partial charge in [-0.15, -0.1) is 5.10 Å². The molecule has 2 aromatic rings. The summed E-state index contributed by atoms with van der Waals surface area (Å²) in [5.41, 5.74) is 5.16. The molecule has 0 spiro atoms. The fraction of sp³-hybridized carbons (Fsp3) is 0.500. The number of rotatable bonds is 5. The lowest BCUT2D eigenvalue weighted by molar-refractivity contribution is 0.274. The van der Waals surface area contributed by atoms with Crippen molar-refractivity contribution in [3.05, 3.63) is 40.7 Å². The third kappa shape index (κ3) is 2.61. The van der Waals surface area contributed by atoms with Crippen molar-refractivity contribution in [1.29, 1.82) is 0 Å². The van der Waals surface area contributed by atoms with Crippen LogP contribution < -0.4 is 0 Å². The number of aromatic nitrogens is 3. The van der Waals surface area contributed by atoms with Gasteiger partial charge < -0.3 is 5.11 Å². The van der Waals surface area contributed by atoms with Crippen LogP contribution in [0.25, 0.3) is 5.69 Å². The maximum Gasteiger partial charge on any atom is 0.112 e. The Morgan fingerprint density at radius 1 is 1.20 bits per heavy atom. The van der Waals surface area contributed by atoms with E-state index in [0.29, 0.717) is 11.6 Å². The normalized spacial score (nSPS) is 11.3. The average Bonchev–Trinajstić information content (AvgIpc) is 2.87. The largest absolute Gasteiger partial charge is 0.390 e. The second-order valence-electron chi connectivity index (χ2n) is 5.29. The molecule has 0 unspecified atom stereocenters. The van der Waals surface area contributed by atoms with Gasteiger partial charge in [-0.3, -0.25) is 0 Å². The zero-order valence-corrected chi connectivity index (χ0v) is 12.7. The highest BCUT2D eigenvalue weighted by Gasteiger charge is 2.21. The first-order chi connectivity index (χ1) is 9.62. The van der Waals surface area contributed by atoms with Crippen LogP contribution in [0.15, 0.2) is 18.2 Å². The van der Waals surface area contributed by atoms with Gasteiger partial charge in [-0.25, -0.2) is 4.68 Å². The summed E-state index contributed by atoms with van der Waals surface area (Å²) in [4.78, 5) is 0. The summed E-state index contributed by atoms with van der Waals surface area (Å²) >= 11 is 0. The van der Waals surface area contributed by atoms with Crippen LogP contribution in [0, 0.1) is 13.8 Å². The van der Waals surface area contributed by atoms with E-state index in [9.17, 15) is 5.11 Å². The highest BCUT2D eigenvalue weighted by molar-refractivity contribution is 5.44. The van der Waals surface area contributed by atoms with Gasteiger partial charge in [0, 0.05) is 5.92 Å². The van der Waals surface area contributed by atoms with E-state index in [1.807, 2.05) is 4.68 Å². The van der Waals surface area contributed by atoms with E-state index in [2.05, 4.69) is 56.2 Å². The van der Waals surface area contributed by atoms with Gasteiger partial charge in [0.25, 0.3) is 0 Å². The second-order valence-corrected chi connectivity index (χ2v) is 5.29. The topological polar surface area (TPSA) is 50.9 Å². The first-order valence-electron chi connectivity index (χ1n) is 7.25. The molecule has 0 bridgehead atoms. The Morgan fingerprint density at radius 3 is 2.50 bits per heavy atom. The highest BCUT2D eigenvalue weighted by Crippen LogP contribution is 2.28. The Kier molecular flexibility index (Phi) is 4.55. The molecule has 0 fully saturated rings. The van der Waals surface area contributed by atoms with Gasteiger partial charge in [0.2, 0.25) is 0 Å². The molecule has 1 N–H and O–H groups in total. The van der Waals surface area contributed by atoms with E-state index in [-0.39, 0.29) is 6.61 Å². The predicted molar refractivity (Wildman–Crippen MR) is 80.1 cm³/mol. The van der Waals surface area contributed by atoms with E-state index in [1.54, 1.807) is 0 Å². The van der Waals surface area contributed by atoms with Crippen molar-refractivity contribution in [2.45, 2.75) is 53.1 Å². The Morgan fingerprint density at radius 2 is 1.90 bits per heavy atom. The minimum absolute atomic E-state index is 0.0588. The summed E-state index contributed by atoms with van der Waals surface area (Å²) in [5.74, 6) is 0.368. The molecule has 0 aliphatic rings. The highest BCUT2D eigenvalue weighted by atomic mass is 16.3. The first-order valence-corrected chi connectivity index (χ1v) is 7.25. The predicted octanol–water partition coefficient (Wildman–Crippen LogP) is 3.28. The fourth-order valence-corrected chi connectivity index (χ4v) is 2.64. The molecule has 2 rings (SSSR count). The minimum atomic E-state index is -0.0588. The van der Waals surface area contributed by atoms with Crippen molar-refractivity contribution in [3.8, 4) is 5.69 Å². The molecule has 1 aromatic heterocycles. The number of aryl methyl sites for hydroxylation is 2. The molecule has 1 aromatic carbocycles. The third-order valence-corrected chi connectivity index (χ3v) is 3.89. The Labute approximate surface area is 120 Å². The van der Waals surface area contributed by atoms with Crippen LogP contribution in [0.3, 0.4) is 0 Å². The number of aliphatic hydroxyl groups excluding tert-OH is 1. The fourth-order valence-electron chi connectivity index (χ4n) is 2.64. The number of hydrogen-bond acceptors (Lipinski definition) is 3. The summed E-state index contributed by atoms with van der Waals surface area (Å²) in [6, 6.07) is 6.32. The first kappa shape index (κ1) is 14.7. The molecule has 0 aliphatic carbocycles. The van der Waals surface area contributed by atoms with Gasteiger partial charge in [0.05, 0.1) is 18.0 Å². The smallest absolute Gasteiger partial charge is 0.112 e. The summed E-state index contributed by atoms with van der Waals surface area (Å²) < 4.78 is 1.91. The van der Waals surface area contributed by atoms with Crippen molar-refractivity contribution in [1.82, 2.24) is 15.0 Å². The molecule has 0 amide bonds. The minimum Gasteiger partial charge on any atom is -0.390 e. The standard InChI is InChI=1S/C16H23N3O/c1-5-13(6-2)16-14(10-20)17-18-19(16)15-9-11(3)7-8-12(15)4/h7-9,13,20H,5-6,10H2,1-4H3. The van der Waals surface area contributed by atoms with E-state index in [0.717, 1.165) is 29.8 Å². The van der Waals surface area contributed by atoms with Gasteiger partial charge in [-0.05, 0) is 43.9 Å². The molecule has 0 saturated carbocycles. The van der Waals surface area contributed by atoms with Crippen LogP contribution in [0.5, 0.6) is 0 Å². The lowest BCUT2D eigenvalue weighted by Gasteiger charge is -2.17. The summed E-state index contributed by atoms with van der Waals surface area (Å²) in [5, 5.41) is 18.0.